The molecule has 1 saturated heterocycles. The normalized spacial score (nSPS) is 14.7. The van der Waals surface area contributed by atoms with Crippen LogP contribution in [0.25, 0.3) is 0 Å². The summed E-state index contributed by atoms with van der Waals surface area (Å²) in [5.74, 6) is 0.627. The molecule has 0 atom stereocenters. The van der Waals surface area contributed by atoms with E-state index in [0.29, 0.717) is 31.8 Å². The molecule has 0 unspecified atom stereocenters. The maximum absolute atomic E-state index is 13.2. The van der Waals surface area contributed by atoms with Crippen LogP contribution in [0.1, 0.15) is 22.3 Å². The molecule has 34 heavy (non-hydrogen) atoms. The number of benzene rings is 2. The summed E-state index contributed by atoms with van der Waals surface area (Å²) in [6.45, 7) is 3.34. The van der Waals surface area contributed by atoms with Gasteiger partial charge in [0.25, 0.3) is 0 Å². The first-order valence-electron chi connectivity index (χ1n) is 11.1. The molecule has 1 aliphatic rings. The molecule has 0 spiro atoms. The molecule has 0 radical (unpaired) electrons. The second-order valence-electron chi connectivity index (χ2n) is 8.29. The van der Waals surface area contributed by atoms with Gasteiger partial charge in [0.2, 0.25) is 5.91 Å². The Bertz CT molecular complexity index is 1100. The Morgan fingerprint density at radius 1 is 0.941 bits per heavy atom. The Labute approximate surface area is 196 Å². The predicted molar refractivity (Wildman–Crippen MR) is 122 cm³/mol. The third-order valence-corrected chi connectivity index (χ3v) is 5.82. The molecule has 1 aromatic heterocycles. The first-order valence-corrected chi connectivity index (χ1v) is 11.1. The first kappa shape index (κ1) is 23.8. The van der Waals surface area contributed by atoms with E-state index in [1.807, 2.05) is 35.2 Å². The summed E-state index contributed by atoms with van der Waals surface area (Å²) in [6.07, 6.45) is -0.660. The van der Waals surface area contributed by atoms with Crippen molar-refractivity contribution in [2.45, 2.75) is 25.7 Å². The molecule has 2 heterocycles. The summed E-state index contributed by atoms with van der Waals surface area (Å²) in [5.41, 5.74) is 1.34. The van der Waals surface area contributed by atoms with Crippen LogP contribution in [0.2, 0.25) is 0 Å². The van der Waals surface area contributed by atoms with Gasteiger partial charge in [0.1, 0.15) is 12.4 Å². The van der Waals surface area contributed by atoms with Gasteiger partial charge in [0.05, 0.1) is 12.0 Å². The van der Waals surface area contributed by atoms with Crippen molar-refractivity contribution in [1.82, 2.24) is 14.8 Å². The van der Waals surface area contributed by atoms with E-state index in [4.69, 9.17) is 4.74 Å². The van der Waals surface area contributed by atoms with Crippen molar-refractivity contribution in [3.8, 4) is 5.75 Å². The monoisotopic (exact) mass is 469 g/mol. The Morgan fingerprint density at radius 2 is 1.71 bits per heavy atom. The van der Waals surface area contributed by atoms with E-state index in [2.05, 4.69) is 9.88 Å². The second-order valence-corrected chi connectivity index (χ2v) is 8.29. The lowest BCUT2D eigenvalue weighted by Gasteiger charge is -2.35. The molecule has 1 amide bonds. The number of amides is 1. The Balaban J connectivity index is 1.29. The number of halogens is 3. The van der Waals surface area contributed by atoms with Gasteiger partial charge in [-0.2, -0.15) is 13.2 Å². The number of hydrogen-bond donors (Lipinski definition) is 0. The van der Waals surface area contributed by atoms with E-state index in [1.165, 1.54) is 12.1 Å². The molecule has 1 aliphatic heterocycles. The zero-order valence-corrected chi connectivity index (χ0v) is 18.7. The van der Waals surface area contributed by atoms with Gasteiger partial charge in [-0.25, -0.2) is 0 Å². The van der Waals surface area contributed by atoms with Crippen LogP contribution in [-0.4, -0.2) is 46.9 Å². The Hall–Kier alpha value is -3.39. The van der Waals surface area contributed by atoms with E-state index in [1.54, 1.807) is 24.5 Å². The summed E-state index contributed by atoms with van der Waals surface area (Å²) in [4.78, 5) is 20.7. The van der Waals surface area contributed by atoms with Gasteiger partial charge in [-0.3, -0.25) is 14.7 Å². The van der Waals surface area contributed by atoms with E-state index < -0.39 is 11.7 Å². The minimum atomic E-state index is -4.41. The van der Waals surface area contributed by atoms with Gasteiger partial charge < -0.3 is 9.64 Å². The van der Waals surface area contributed by atoms with Crippen molar-refractivity contribution in [1.29, 1.82) is 0 Å². The van der Waals surface area contributed by atoms with Crippen LogP contribution in [0.15, 0.2) is 73.1 Å². The number of piperazine rings is 1. The number of alkyl halides is 3. The summed E-state index contributed by atoms with van der Waals surface area (Å²) >= 11 is 0. The number of hydrogen-bond acceptors (Lipinski definition) is 4. The number of rotatable bonds is 7. The number of carbonyl (C=O) groups is 1. The van der Waals surface area contributed by atoms with Crippen LogP contribution in [0, 0.1) is 0 Å². The second kappa shape index (κ2) is 10.7. The van der Waals surface area contributed by atoms with Gasteiger partial charge in [-0.15, -0.1) is 0 Å². The fourth-order valence-corrected chi connectivity index (χ4v) is 4.02. The Kier molecular flexibility index (Phi) is 7.47. The topological polar surface area (TPSA) is 45.7 Å². The standard InChI is InChI=1S/C26H26F3N3O2/c27-26(28,29)24-9-2-1-7-22(24)19-34-23-8-3-5-21(15-23)18-31-11-13-32(14-12-31)25(33)16-20-6-4-10-30-17-20/h1-10,15,17H,11-14,16,18-19H2. The molecule has 4 rings (SSSR count). The average molecular weight is 470 g/mol. The van der Waals surface area contributed by atoms with Crippen molar-refractivity contribution in [3.05, 3.63) is 95.3 Å². The molecule has 8 heteroatoms. The minimum Gasteiger partial charge on any atom is -0.489 e. The van der Waals surface area contributed by atoms with Crippen LogP contribution in [0.5, 0.6) is 5.75 Å². The van der Waals surface area contributed by atoms with Gasteiger partial charge in [0.15, 0.2) is 0 Å². The van der Waals surface area contributed by atoms with E-state index in [-0.39, 0.29) is 18.1 Å². The molecular formula is C26H26F3N3O2. The molecular weight excluding hydrogens is 443 g/mol. The van der Waals surface area contributed by atoms with Crippen LogP contribution < -0.4 is 4.74 Å². The quantitative estimate of drug-likeness (QED) is 0.509. The fourth-order valence-electron chi connectivity index (χ4n) is 4.02. The summed E-state index contributed by atoms with van der Waals surface area (Å²) in [7, 11) is 0. The van der Waals surface area contributed by atoms with Gasteiger partial charge in [-0.1, -0.05) is 36.4 Å². The lowest BCUT2D eigenvalue weighted by Crippen LogP contribution is -2.48. The van der Waals surface area contributed by atoms with Crippen molar-refractivity contribution >= 4 is 5.91 Å². The lowest BCUT2D eigenvalue weighted by atomic mass is 10.1. The van der Waals surface area contributed by atoms with E-state index in [0.717, 1.165) is 30.3 Å². The smallest absolute Gasteiger partial charge is 0.416 e. The minimum absolute atomic E-state index is 0.0992. The first-order chi connectivity index (χ1) is 16.4. The fraction of sp³-hybridized carbons (Fsp3) is 0.308. The summed E-state index contributed by atoms with van der Waals surface area (Å²) < 4.78 is 45.3. The summed E-state index contributed by atoms with van der Waals surface area (Å²) in [6, 6.07) is 16.6. The van der Waals surface area contributed by atoms with Crippen molar-refractivity contribution in [2.75, 3.05) is 26.2 Å². The number of aromatic nitrogens is 1. The molecule has 5 nitrogen and oxygen atoms in total. The van der Waals surface area contributed by atoms with Crippen LogP contribution in [-0.2, 0) is 30.5 Å². The summed E-state index contributed by atoms with van der Waals surface area (Å²) in [5, 5.41) is 0. The lowest BCUT2D eigenvalue weighted by molar-refractivity contribution is -0.138. The number of pyridine rings is 1. The maximum atomic E-state index is 13.2. The molecule has 178 valence electrons. The highest BCUT2D eigenvalue weighted by atomic mass is 19.4. The number of carbonyl (C=O) groups excluding carboxylic acids is 1. The Morgan fingerprint density at radius 3 is 2.44 bits per heavy atom. The van der Waals surface area contributed by atoms with E-state index in [9.17, 15) is 18.0 Å². The molecule has 3 aromatic rings. The number of nitrogens with zero attached hydrogens (tertiary/aromatic N) is 3. The third kappa shape index (κ3) is 6.35. The van der Waals surface area contributed by atoms with Crippen LogP contribution in [0.4, 0.5) is 13.2 Å². The predicted octanol–water partition coefficient (Wildman–Crippen LogP) is 4.57. The maximum Gasteiger partial charge on any atom is 0.416 e. The third-order valence-electron chi connectivity index (χ3n) is 5.82. The van der Waals surface area contributed by atoms with Gasteiger partial charge in [-0.05, 0) is 35.4 Å². The average Bonchev–Trinajstić information content (AvgIpc) is 2.84. The zero-order chi connectivity index (χ0) is 24.0. The van der Waals surface area contributed by atoms with Gasteiger partial charge >= 0.3 is 6.18 Å². The number of ether oxygens (including phenoxy) is 1. The van der Waals surface area contributed by atoms with Crippen LogP contribution in [0.3, 0.4) is 0 Å². The van der Waals surface area contributed by atoms with Crippen molar-refractivity contribution in [3.63, 3.8) is 0 Å². The SMILES string of the molecule is O=C(Cc1cccnc1)N1CCN(Cc2cccc(OCc3ccccc3C(F)(F)F)c2)CC1. The highest BCUT2D eigenvalue weighted by Crippen LogP contribution is 2.32. The highest BCUT2D eigenvalue weighted by molar-refractivity contribution is 5.78. The van der Waals surface area contributed by atoms with Crippen molar-refractivity contribution < 1.29 is 22.7 Å². The molecule has 1 fully saturated rings. The zero-order valence-electron chi connectivity index (χ0n) is 18.7. The molecule has 0 N–H and O–H groups in total. The molecule has 2 aromatic carbocycles. The van der Waals surface area contributed by atoms with E-state index >= 15 is 0 Å². The van der Waals surface area contributed by atoms with Crippen LogP contribution >= 0.6 is 0 Å². The highest BCUT2D eigenvalue weighted by Gasteiger charge is 2.33. The van der Waals surface area contributed by atoms with Gasteiger partial charge in [0, 0.05) is 50.7 Å². The molecule has 0 saturated carbocycles. The molecule has 0 bridgehead atoms. The molecule has 0 aliphatic carbocycles. The largest absolute Gasteiger partial charge is 0.489 e. The van der Waals surface area contributed by atoms with Crippen molar-refractivity contribution in [2.24, 2.45) is 0 Å².